The van der Waals surface area contributed by atoms with E-state index in [9.17, 15) is 5.26 Å². The van der Waals surface area contributed by atoms with Gasteiger partial charge in [-0.1, -0.05) is 30.3 Å². The van der Waals surface area contributed by atoms with Crippen molar-refractivity contribution in [3.63, 3.8) is 0 Å². The van der Waals surface area contributed by atoms with E-state index in [2.05, 4.69) is 23.5 Å². The Balaban J connectivity index is 1.84. The molecule has 1 atom stereocenters. The molecule has 0 saturated heterocycles. The number of fused-ring (bicyclic) bond motifs is 1. The van der Waals surface area contributed by atoms with Crippen LogP contribution in [0.4, 0.5) is 0 Å². The maximum atomic E-state index is 9.82. The number of nitrogens with zero attached hydrogens (tertiary/aromatic N) is 1. The molecule has 1 aliphatic rings. The van der Waals surface area contributed by atoms with Crippen molar-refractivity contribution >= 4 is 0 Å². The van der Waals surface area contributed by atoms with Crippen LogP contribution in [0.1, 0.15) is 23.1 Å². The average Bonchev–Trinajstić information content (AvgIpc) is 2.66. The molecule has 0 radical (unpaired) electrons. The van der Waals surface area contributed by atoms with Crippen molar-refractivity contribution in [2.45, 2.75) is 31.3 Å². The quantitative estimate of drug-likeness (QED) is 0.918. The summed E-state index contributed by atoms with van der Waals surface area (Å²) in [5, 5.41) is 13.3. The number of rotatable bonds is 5. The molecule has 24 heavy (non-hydrogen) atoms. The first-order chi connectivity index (χ1) is 11.7. The molecule has 2 aromatic rings. The van der Waals surface area contributed by atoms with Gasteiger partial charge in [0.2, 0.25) is 0 Å². The zero-order chi connectivity index (χ0) is 17.0. The molecule has 0 spiro atoms. The van der Waals surface area contributed by atoms with Crippen molar-refractivity contribution in [1.29, 1.82) is 5.26 Å². The molecular formula is C20H22N2O2. The Hall–Kier alpha value is -2.51. The van der Waals surface area contributed by atoms with E-state index in [4.69, 9.17) is 9.47 Å². The molecule has 1 unspecified atom stereocenters. The van der Waals surface area contributed by atoms with Crippen LogP contribution in [0, 0.1) is 11.3 Å². The third-order valence-electron chi connectivity index (χ3n) is 4.71. The van der Waals surface area contributed by atoms with Gasteiger partial charge in [0.05, 0.1) is 20.3 Å². The summed E-state index contributed by atoms with van der Waals surface area (Å²) < 4.78 is 10.9. The third kappa shape index (κ3) is 3.22. The monoisotopic (exact) mass is 322 g/mol. The van der Waals surface area contributed by atoms with Gasteiger partial charge in [-0.25, -0.2) is 0 Å². The highest BCUT2D eigenvalue weighted by atomic mass is 16.5. The van der Waals surface area contributed by atoms with Gasteiger partial charge in [-0.2, -0.15) is 5.26 Å². The maximum Gasteiger partial charge on any atom is 0.126 e. The van der Waals surface area contributed by atoms with Crippen LogP contribution < -0.4 is 14.8 Å². The Morgan fingerprint density at radius 3 is 2.62 bits per heavy atom. The fourth-order valence-corrected chi connectivity index (χ4v) is 3.32. The van der Waals surface area contributed by atoms with Crippen molar-refractivity contribution in [1.82, 2.24) is 5.32 Å². The summed E-state index contributed by atoms with van der Waals surface area (Å²) in [6.45, 7) is 0.685. The molecule has 0 saturated carbocycles. The fraction of sp³-hybridized carbons (Fsp3) is 0.350. The summed E-state index contributed by atoms with van der Waals surface area (Å²) in [5.41, 5.74) is 2.94. The lowest BCUT2D eigenvalue weighted by Crippen LogP contribution is -2.48. The molecule has 0 fully saturated rings. The first kappa shape index (κ1) is 16.4. The Kier molecular flexibility index (Phi) is 4.73. The number of nitriles is 1. The van der Waals surface area contributed by atoms with Crippen LogP contribution in [0.25, 0.3) is 0 Å². The highest BCUT2D eigenvalue weighted by Gasteiger charge is 2.35. The van der Waals surface area contributed by atoms with Crippen molar-refractivity contribution in [3.05, 3.63) is 59.2 Å². The number of hydrogen-bond donors (Lipinski definition) is 1. The van der Waals surface area contributed by atoms with E-state index in [1.807, 2.05) is 30.3 Å². The van der Waals surface area contributed by atoms with Crippen LogP contribution in [0.5, 0.6) is 11.5 Å². The van der Waals surface area contributed by atoms with Crippen LogP contribution in [0.3, 0.4) is 0 Å². The Labute approximate surface area is 143 Å². The number of ether oxygens (including phenoxy) is 2. The van der Waals surface area contributed by atoms with Gasteiger partial charge in [0.15, 0.2) is 0 Å². The molecule has 4 heteroatoms. The van der Waals surface area contributed by atoms with E-state index in [-0.39, 0.29) is 0 Å². The second kappa shape index (κ2) is 6.94. The van der Waals surface area contributed by atoms with Crippen molar-refractivity contribution in [3.8, 4) is 17.6 Å². The molecule has 0 amide bonds. The van der Waals surface area contributed by atoms with E-state index >= 15 is 0 Å². The highest BCUT2D eigenvalue weighted by molar-refractivity contribution is 5.49. The predicted molar refractivity (Wildman–Crippen MR) is 93.2 cm³/mol. The van der Waals surface area contributed by atoms with E-state index in [0.717, 1.165) is 29.9 Å². The van der Waals surface area contributed by atoms with Gasteiger partial charge in [-0.05, 0) is 35.6 Å². The second-order valence-electron chi connectivity index (χ2n) is 6.18. The second-order valence-corrected chi connectivity index (χ2v) is 6.18. The zero-order valence-electron chi connectivity index (χ0n) is 14.1. The maximum absolute atomic E-state index is 9.82. The first-order valence-electron chi connectivity index (χ1n) is 8.14. The van der Waals surface area contributed by atoms with Crippen LogP contribution >= 0.6 is 0 Å². The number of hydrogen-bond acceptors (Lipinski definition) is 4. The summed E-state index contributed by atoms with van der Waals surface area (Å²) in [7, 11) is 3.32. The Morgan fingerprint density at radius 1 is 1.17 bits per heavy atom. The smallest absolute Gasteiger partial charge is 0.126 e. The number of methoxy groups -OCH3 is 2. The number of nitrogens with one attached hydrogen (secondary N) is 1. The summed E-state index contributed by atoms with van der Waals surface area (Å²) in [5.74, 6) is 1.61. The van der Waals surface area contributed by atoms with E-state index in [1.54, 1.807) is 14.2 Å². The highest BCUT2D eigenvalue weighted by Crippen LogP contribution is 2.37. The van der Waals surface area contributed by atoms with Gasteiger partial charge in [-0.15, -0.1) is 0 Å². The molecule has 2 aromatic carbocycles. The molecule has 0 aliphatic heterocycles. The zero-order valence-corrected chi connectivity index (χ0v) is 14.1. The normalized spacial score (nSPS) is 19.2. The molecule has 4 nitrogen and oxygen atoms in total. The van der Waals surface area contributed by atoms with Crippen LogP contribution in [-0.4, -0.2) is 19.8 Å². The van der Waals surface area contributed by atoms with Gasteiger partial charge < -0.3 is 9.47 Å². The molecule has 0 bridgehead atoms. The van der Waals surface area contributed by atoms with Crippen molar-refractivity contribution in [2.24, 2.45) is 0 Å². The summed E-state index contributed by atoms with van der Waals surface area (Å²) in [6.07, 6.45) is 2.24. The Bertz CT molecular complexity index is 752. The van der Waals surface area contributed by atoms with Gasteiger partial charge >= 0.3 is 0 Å². The molecule has 0 aromatic heterocycles. The lowest BCUT2D eigenvalue weighted by molar-refractivity contribution is 0.347. The summed E-state index contributed by atoms with van der Waals surface area (Å²) in [4.78, 5) is 0. The minimum absolute atomic E-state index is 0.555. The predicted octanol–water partition coefficient (Wildman–Crippen LogP) is 3.24. The van der Waals surface area contributed by atoms with Crippen LogP contribution in [0.2, 0.25) is 0 Å². The van der Waals surface area contributed by atoms with E-state index in [0.29, 0.717) is 13.0 Å². The largest absolute Gasteiger partial charge is 0.497 e. The summed E-state index contributed by atoms with van der Waals surface area (Å²) in [6, 6.07) is 16.6. The lowest BCUT2D eigenvalue weighted by Gasteiger charge is -2.34. The first-order valence-corrected chi connectivity index (χ1v) is 8.14. The van der Waals surface area contributed by atoms with Gasteiger partial charge in [0.25, 0.3) is 0 Å². The van der Waals surface area contributed by atoms with Crippen LogP contribution in [-0.2, 0) is 19.4 Å². The topological polar surface area (TPSA) is 54.3 Å². The molecule has 3 rings (SSSR count). The van der Waals surface area contributed by atoms with Gasteiger partial charge in [0, 0.05) is 19.0 Å². The SMILES string of the molecule is COc1cc2c(c(OC)c1)CCC(C#N)(NCc1ccccc1)C2. The lowest BCUT2D eigenvalue weighted by atomic mass is 9.78. The molecular weight excluding hydrogens is 300 g/mol. The third-order valence-corrected chi connectivity index (χ3v) is 4.71. The number of benzene rings is 2. The Morgan fingerprint density at radius 2 is 1.96 bits per heavy atom. The van der Waals surface area contributed by atoms with Crippen molar-refractivity contribution < 1.29 is 9.47 Å². The average molecular weight is 322 g/mol. The van der Waals surface area contributed by atoms with E-state index in [1.165, 1.54) is 11.1 Å². The molecule has 1 N–H and O–H groups in total. The standard InChI is InChI=1S/C20H22N2O2/c1-23-17-10-16-12-20(14-21,9-8-18(16)19(11-17)24-2)22-13-15-6-4-3-5-7-15/h3-7,10-11,22H,8-9,12-13H2,1-2H3. The van der Waals surface area contributed by atoms with E-state index < -0.39 is 5.54 Å². The summed E-state index contributed by atoms with van der Waals surface area (Å²) >= 11 is 0. The van der Waals surface area contributed by atoms with Gasteiger partial charge in [0.1, 0.15) is 17.0 Å². The molecule has 124 valence electrons. The molecule has 1 aliphatic carbocycles. The van der Waals surface area contributed by atoms with Crippen molar-refractivity contribution in [2.75, 3.05) is 14.2 Å². The molecule has 0 heterocycles. The van der Waals surface area contributed by atoms with Crippen LogP contribution in [0.15, 0.2) is 42.5 Å². The minimum atomic E-state index is -0.555. The minimum Gasteiger partial charge on any atom is -0.497 e. The fourth-order valence-electron chi connectivity index (χ4n) is 3.32. The van der Waals surface area contributed by atoms with Gasteiger partial charge in [-0.3, -0.25) is 5.32 Å².